The molecule has 0 spiro atoms. The average molecular weight is 425 g/mol. The number of benzene rings is 2. The predicted molar refractivity (Wildman–Crippen MR) is 103 cm³/mol. The van der Waals surface area contributed by atoms with Crippen LogP contribution in [-0.4, -0.2) is 26.6 Å². The molecule has 0 fully saturated rings. The second-order valence-electron chi connectivity index (χ2n) is 5.91. The van der Waals surface area contributed by atoms with Gasteiger partial charge in [0.1, 0.15) is 28.9 Å². The lowest BCUT2D eigenvalue weighted by atomic mass is 10.2. The molecule has 140 valence electrons. The normalized spacial score (nSPS) is 13.9. The van der Waals surface area contributed by atoms with Gasteiger partial charge in [-0.1, -0.05) is 11.6 Å². The number of anilines is 2. The van der Waals surface area contributed by atoms with Gasteiger partial charge in [-0.05, 0) is 30.3 Å². The third kappa shape index (κ3) is 3.65. The summed E-state index contributed by atoms with van der Waals surface area (Å²) in [5.41, 5.74) is 1.30. The van der Waals surface area contributed by atoms with Crippen LogP contribution in [0.3, 0.4) is 0 Å². The lowest BCUT2D eigenvalue weighted by molar-refractivity contribution is 0.313. The van der Waals surface area contributed by atoms with Crippen molar-refractivity contribution in [1.82, 2.24) is 4.98 Å². The monoisotopic (exact) mass is 424 g/mol. The number of aromatic nitrogens is 1. The number of sulfone groups is 1. The van der Waals surface area contributed by atoms with Gasteiger partial charge in [0.05, 0.1) is 22.2 Å². The standard InChI is InChI=1S/C18H14ClFN2O3S2/c19-14-3-1-12(9-15(14)20)22-6-7-25-17-10-13(2-4-16(17)22)27(23,24)11-18-21-5-8-26-18/h1-5,8-10H,6-7,11H2. The Morgan fingerprint density at radius 3 is 2.85 bits per heavy atom. The summed E-state index contributed by atoms with van der Waals surface area (Å²) in [6, 6.07) is 9.29. The van der Waals surface area contributed by atoms with Crippen LogP contribution in [0.4, 0.5) is 15.8 Å². The summed E-state index contributed by atoms with van der Waals surface area (Å²) < 4.78 is 44.8. The van der Waals surface area contributed by atoms with Crippen molar-refractivity contribution in [3.63, 3.8) is 0 Å². The Morgan fingerprint density at radius 1 is 1.26 bits per heavy atom. The first-order chi connectivity index (χ1) is 12.9. The van der Waals surface area contributed by atoms with Crippen molar-refractivity contribution in [2.24, 2.45) is 0 Å². The molecule has 2 aromatic carbocycles. The minimum absolute atomic E-state index is 0.0517. The van der Waals surface area contributed by atoms with Gasteiger partial charge in [0, 0.05) is 23.3 Å². The maximum Gasteiger partial charge on any atom is 0.185 e. The van der Waals surface area contributed by atoms with E-state index in [0.29, 0.717) is 35.3 Å². The van der Waals surface area contributed by atoms with Crippen LogP contribution in [0.25, 0.3) is 0 Å². The van der Waals surface area contributed by atoms with Crippen LogP contribution < -0.4 is 9.64 Å². The van der Waals surface area contributed by atoms with E-state index in [4.69, 9.17) is 16.3 Å². The van der Waals surface area contributed by atoms with Gasteiger partial charge in [-0.2, -0.15) is 0 Å². The molecule has 2 heterocycles. The van der Waals surface area contributed by atoms with Gasteiger partial charge in [-0.3, -0.25) is 0 Å². The Bertz CT molecular complexity index is 1090. The minimum Gasteiger partial charge on any atom is -0.489 e. The molecule has 0 atom stereocenters. The summed E-state index contributed by atoms with van der Waals surface area (Å²) in [4.78, 5) is 6.07. The van der Waals surface area contributed by atoms with Gasteiger partial charge < -0.3 is 9.64 Å². The summed E-state index contributed by atoms with van der Waals surface area (Å²) in [6.45, 7) is 0.868. The molecular weight excluding hydrogens is 411 g/mol. The van der Waals surface area contributed by atoms with Gasteiger partial charge in [-0.25, -0.2) is 17.8 Å². The molecule has 1 aliphatic rings. The Balaban J connectivity index is 1.68. The van der Waals surface area contributed by atoms with Crippen molar-refractivity contribution in [2.75, 3.05) is 18.1 Å². The summed E-state index contributed by atoms with van der Waals surface area (Å²) in [5.74, 6) is -0.225. The van der Waals surface area contributed by atoms with Gasteiger partial charge in [-0.15, -0.1) is 11.3 Å². The molecule has 0 saturated carbocycles. The molecule has 1 aromatic heterocycles. The van der Waals surface area contributed by atoms with Crippen molar-refractivity contribution in [3.8, 4) is 5.75 Å². The number of fused-ring (bicyclic) bond motifs is 1. The maximum absolute atomic E-state index is 13.8. The Kier molecular flexibility index (Phi) is 4.79. The molecule has 0 saturated heterocycles. The molecule has 5 nitrogen and oxygen atoms in total. The van der Waals surface area contributed by atoms with E-state index < -0.39 is 15.7 Å². The van der Waals surface area contributed by atoms with Crippen LogP contribution in [0.2, 0.25) is 5.02 Å². The molecule has 0 bridgehead atoms. The lowest BCUT2D eigenvalue weighted by Gasteiger charge is -2.31. The fraction of sp³-hybridized carbons (Fsp3) is 0.167. The van der Waals surface area contributed by atoms with Gasteiger partial charge >= 0.3 is 0 Å². The summed E-state index contributed by atoms with van der Waals surface area (Å²) in [7, 11) is -3.54. The van der Waals surface area contributed by atoms with E-state index >= 15 is 0 Å². The lowest BCUT2D eigenvalue weighted by Crippen LogP contribution is -2.28. The summed E-state index contributed by atoms with van der Waals surface area (Å²) in [6.07, 6.45) is 1.58. The Morgan fingerprint density at radius 2 is 2.11 bits per heavy atom. The highest BCUT2D eigenvalue weighted by Gasteiger charge is 2.24. The minimum atomic E-state index is -3.54. The third-order valence-electron chi connectivity index (χ3n) is 4.17. The quantitative estimate of drug-likeness (QED) is 0.619. The summed E-state index contributed by atoms with van der Waals surface area (Å²) >= 11 is 7.06. The first-order valence-corrected chi connectivity index (χ1v) is 11.0. The molecule has 0 radical (unpaired) electrons. The van der Waals surface area contributed by atoms with Crippen molar-refractivity contribution in [2.45, 2.75) is 10.6 Å². The largest absolute Gasteiger partial charge is 0.489 e. The topological polar surface area (TPSA) is 59.5 Å². The van der Waals surface area contributed by atoms with Gasteiger partial charge in [0.2, 0.25) is 0 Å². The number of rotatable bonds is 4. The Hall–Kier alpha value is -2.16. The number of thiazole rings is 1. The Labute approximate surface area is 164 Å². The van der Waals surface area contributed by atoms with Crippen molar-refractivity contribution in [3.05, 3.63) is 63.8 Å². The maximum atomic E-state index is 13.8. The molecule has 0 N–H and O–H groups in total. The molecule has 0 amide bonds. The van der Waals surface area contributed by atoms with E-state index in [-0.39, 0.29) is 15.7 Å². The van der Waals surface area contributed by atoms with E-state index in [0.717, 1.165) is 0 Å². The van der Waals surface area contributed by atoms with E-state index in [2.05, 4.69) is 4.98 Å². The molecule has 3 aromatic rings. The number of hydrogen-bond acceptors (Lipinski definition) is 6. The predicted octanol–water partition coefficient (Wildman–Crippen LogP) is 4.44. The second kappa shape index (κ2) is 7.10. The molecular formula is C18H14ClFN2O3S2. The van der Waals surface area contributed by atoms with E-state index in [1.807, 2.05) is 4.90 Å². The van der Waals surface area contributed by atoms with Crippen LogP contribution in [-0.2, 0) is 15.6 Å². The fourth-order valence-corrected chi connectivity index (χ4v) is 5.27. The van der Waals surface area contributed by atoms with Crippen molar-refractivity contribution in [1.29, 1.82) is 0 Å². The third-order valence-corrected chi connectivity index (χ3v) is 7.06. The number of halogens is 2. The highest BCUT2D eigenvalue weighted by atomic mass is 35.5. The second-order valence-corrected chi connectivity index (χ2v) is 9.29. The highest BCUT2D eigenvalue weighted by molar-refractivity contribution is 7.90. The number of ether oxygens (including phenoxy) is 1. The van der Waals surface area contributed by atoms with E-state index in [9.17, 15) is 12.8 Å². The van der Waals surface area contributed by atoms with Crippen LogP contribution in [0.15, 0.2) is 52.9 Å². The number of hydrogen-bond donors (Lipinski definition) is 0. The molecule has 1 aliphatic heterocycles. The zero-order valence-electron chi connectivity index (χ0n) is 13.9. The van der Waals surface area contributed by atoms with Crippen LogP contribution in [0, 0.1) is 5.82 Å². The van der Waals surface area contributed by atoms with E-state index in [1.54, 1.807) is 23.7 Å². The first-order valence-electron chi connectivity index (χ1n) is 8.04. The van der Waals surface area contributed by atoms with Crippen molar-refractivity contribution >= 4 is 44.1 Å². The van der Waals surface area contributed by atoms with Crippen LogP contribution >= 0.6 is 22.9 Å². The average Bonchev–Trinajstić information content (AvgIpc) is 3.15. The fourth-order valence-electron chi connectivity index (χ4n) is 2.89. The van der Waals surface area contributed by atoms with Crippen LogP contribution in [0.1, 0.15) is 5.01 Å². The molecule has 27 heavy (non-hydrogen) atoms. The molecule has 0 aliphatic carbocycles. The number of nitrogens with zero attached hydrogens (tertiary/aromatic N) is 2. The van der Waals surface area contributed by atoms with E-state index in [1.165, 1.54) is 35.6 Å². The SMILES string of the molecule is O=S(=O)(Cc1nccs1)c1ccc2c(c1)OCCN2c1ccc(Cl)c(F)c1. The zero-order chi connectivity index (χ0) is 19.0. The van der Waals surface area contributed by atoms with Crippen molar-refractivity contribution < 1.29 is 17.5 Å². The highest BCUT2D eigenvalue weighted by Crippen LogP contribution is 2.39. The first kappa shape index (κ1) is 18.2. The molecule has 0 unspecified atom stereocenters. The van der Waals surface area contributed by atoms with Gasteiger partial charge in [0.15, 0.2) is 9.84 Å². The molecule has 9 heteroatoms. The molecule has 4 rings (SSSR count). The smallest absolute Gasteiger partial charge is 0.185 e. The zero-order valence-corrected chi connectivity index (χ0v) is 16.3. The van der Waals surface area contributed by atoms with Gasteiger partial charge in [0.25, 0.3) is 0 Å². The van der Waals surface area contributed by atoms with Crippen LogP contribution in [0.5, 0.6) is 5.75 Å². The summed E-state index contributed by atoms with van der Waals surface area (Å²) in [5, 5.41) is 2.33.